The van der Waals surface area contributed by atoms with Crippen LogP contribution in [-0.4, -0.2) is 24.6 Å². The molecule has 0 spiro atoms. The number of hydrogen-bond acceptors (Lipinski definition) is 0. The molecule has 0 unspecified atom stereocenters. The molecule has 0 nitrogen and oxygen atoms in total. The summed E-state index contributed by atoms with van der Waals surface area (Å²) < 4.78 is 0. The first kappa shape index (κ1) is 29.1. The molecule has 0 aromatic heterocycles. The average Bonchev–Trinajstić information content (AvgIpc) is 3.43. The molecule has 0 saturated heterocycles. The fourth-order valence-corrected chi connectivity index (χ4v) is 8.74. The molecule has 3 heteroatoms. The molecule has 166 valence electrons. The topological polar surface area (TPSA) is 0 Å². The molecule has 0 aliphatic carbocycles. The van der Waals surface area contributed by atoms with Crippen molar-refractivity contribution in [2.45, 2.75) is 79.1 Å². The Hall–Kier alpha value is 0.0795. The molecular weight excluding hydrogens is 430 g/mol. The summed E-state index contributed by atoms with van der Waals surface area (Å²) >= 11 is 0. The van der Waals surface area contributed by atoms with Gasteiger partial charge >= 0.3 is 17.1 Å². The Kier molecular flexibility index (Phi) is 20.1. The second kappa shape index (κ2) is 20.0. The Labute approximate surface area is 195 Å². The molecule has 2 aromatic carbocycles. The van der Waals surface area contributed by atoms with Gasteiger partial charge in [-0.1, -0.05) is 79.1 Å². The molecule has 0 atom stereocenters. The van der Waals surface area contributed by atoms with Crippen LogP contribution >= 0.6 is 15.8 Å². The van der Waals surface area contributed by atoms with Crippen molar-refractivity contribution < 1.29 is 17.1 Å². The standard InChI is InChI=1S/2C13H22P.Fe/c2*1-3-5-11-14(12-6-4-2)13-9-7-8-10-13;/h2*7-10H,3-6,11-12H2,1-2H3;/q2*-1;+2. The van der Waals surface area contributed by atoms with Crippen LogP contribution < -0.4 is 10.6 Å². The molecule has 0 fully saturated rings. The van der Waals surface area contributed by atoms with Gasteiger partial charge in [0.15, 0.2) is 0 Å². The molecule has 0 saturated carbocycles. The van der Waals surface area contributed by atoms with E-state index in [0.717, 1.165) is 0 Å². The number of unbranched alkanes of at least 4 members (excludes halogenated alkanes) is 4. The van der Waals surface area contributed by atoms with Crippen molar-refractivity contribution in [1.82, 2.24) is 0 Å². The maximum Gasteiger partial charge on any atom is 2.00 e. The third-order valence-electron chi connectivity index (χ3n) is 5.15. The molecule has 0 radical (unpaired) electrons. The molecule has 2 aromatic rings. The van der Waals surface area contributed by atoms with Gasteiger partial charge in [0.25, 0.3) is 0 Å². The summed E-state index contributed by atoms with van der Waals surface area (Å²) in [6.07, 6.45) is 16.7. The van der Waals surface area contributed by atoms with Gasteiger partial charge in [-0.15, -0.1) is 26.5 Å². The molecule has 0 N–H and O–H groups in total. The average molecular weight is 474 g/mol. The number of hydrogen-bond donors (Lipinski definition) is 0. The summed E-state index contributed by atoms with van der Waals surface area (Å²) in [5, 5.41) is 3.25. The molecule has 2 rings (SSSR count). The summed E-state index contributed by atoms with van der Waals surface area (Å²) in [4.78, 5) is 0. The zero-order valence-corrected chi connectivity index (χ0v) is 22.2. The van der Waals surface area contributed by atoms with Crippen molar-refractivity contribution in [1.29, 1.82) is 0 Å². The van der Waals surface area contributed by atoms with Gasteiger partial charge in [0.2, 0.25) is 0 Å². The van der Waals surface area contributed by atoms with E-state index in [1.807, 2.05) is 0 Å². The largest absolute Gasteiger partial charge is 2.00 e. The molecule has 0 aliphatic heterocycles. The first-order chi connectivity index (χ1) is 13.8. The molecule has 0 bridgehead atoms. The maximum absolute atomic E-state index is 2.32. The molecule has 0 amide bonds. The molecule has 29 heavy (non-hydrogen) atoms. The number of rotatable bonds is 14. The predicted octanol–water partition coefficient (Wildman–Crippen LogP) is 8.22. The van der Waals surface area contributed by atoms with E-state index in [0.29, 0.717) is 0 Å². The minimum atomic E-state index is 0. The van der Waals surface area contributed by atoms with E-state index in [9.17, 15) is 0 Å². The van der Waals surface area contributed by atoms with E-state index < -0.39 is 0 Å². The van der Waals surface area contributed by atoms with Crippen LogP contribution in [0.4, 0.5) is 0 Å². The predicted molar refractivity (Wildman–Crippen MR) is 136 cm³/mol. The van der Waals surface area contributed by atoms with Gasteiger partial charge in [0, 0.05) is 0 Å². The fraction of sp³-hybridized carbons (Fsp3) is 0.615. The van der Waals surface area contributed by atoms with E-state index in [1.165, 1.54) is 76.0 Å². The Bertz CT molecular complexity index is 467. The Morgan fingerprint density at radius 1 is 0.483 bits per heavy atom. The SMILES string of the molecule is CCCCP(CCCC)[c-]1cccc1.CCCCP(CCCC)[c-]1cccc1.[Fe+2]. The van der Waals surface area contributed by atoms with E-state index in [-0.39, 0.29) is 32.9 Å². The van der Waals surface area contributed by atoms with E-state index in [1.54, 1.807) is 10.6 Å². The molecular formula is C26H44FeP2. The summed E-state index contributed by atoms with van der Waals surface area (Å²) in [5.74, 6) is 0. The smallest absolute Gasteiger partial charge is 0.213 e. The van der Waals surface area contributed by atoms with E-state index in [4.69, 9.17) is 0 Å². The van der Waals surface area contributed by atoms with Gasteiger partial charge < -0.3 is 0 Å². The van der Waals surface area contributed by atoms with Gasteiger partial charge in [-0.3, -0.25) is 0 Å². The first-order valence-electron chi connectivity index (χ1n) is 11.7. The Morgan fingerprint density at radius 3 is 0.931 bits per heavy atom. The normalized spacial score (nSPS) is 10.7. The Balaban J connectivity index is 0.000000523. The molecule has 0 aliphatic rings. The first-order valence-corrected chi connectivity index (χ1v) is 15.1. The van der Waals surface area contributed by atoms with Crippen LogP contribution in [0, 0.1) is 0 Å². The fourth-order valence-electron chi connectivity index (χ4n) is 3.29. The van der Waals surface area contributed by atoms with Gasteiger partial charge in [0.1, 0.15) is 0 Å². The zero-order chi connectivity index (χ0) is 20.5. The van der Waals surface area contributed by atoms with Crippen LogP contribution in [0.15, 0.2) is 48.5 Å². The van der Waals surface area contributed by atoms with E-state index >= 15 is 0 Å². The van der Waals surface area contributed by atoms with Crippen LogP contribution in [0.2, 0.25) is 0 Å². The third-order valence-corrected chi connectivity index (χ3v) is 10.6. The van der Waals surface area contributed by atoms with E-state index in [2.05, 4.69) is 76.2 Å². The van der Waals surface area contributed by atoms with Crippen LogP contribution in [0.1, 0.15) is 79.1 Å². The summed E-state index contributed by atoms with van der Waals surface area (Å²) in [5.41, 5.74) is 0. The van der Waals surface area contributed by atoms with Crippen molar-refractivity contribution in [3.05, 3.63) is 48.5 Å². The minimum Gasteiger partial charge on any atom is -0.213 e. The van der Waals surface area contributed by atoms with Gasteiger partial charge in [0.05, 0.1) is 0 Å². The minimum absolute atomic E-state index is 0. The summed E-state index contributed by atoms with van der Waals surface area (Å²) in [7, 11) is 0.339. The van der Waals surface area contributed by atoms with Crippen molar-refractivity contribution in [3.63, 3.8) is 0 Å². The Morgan fingerprint density at radius 2 is 0.724 bits per heavy atom. The van der Waals surface area contributed by atoms with Crippen molar-refractivity contribution in [3.8, 4) is 0 Å². The van der Waals surface area contributed by atoms with Crippen LogP contribution in [0.3, 0.4) is 0 Å². The van der Waals surface area contributed by atoms with Gasteiger partial charge in [-0.05, 0) is 24.6 Å². The molecule has 0 heterocycles. The van der Waals surface area contributed by atoms with Crippen molar-refractivity contribution >= 4 is 26.5 Å². The quantitative estimate of drug-likeness (QED) is 0.147. The summed E-state index contributed by atoms with van der Waals surface area (Å²) in [6.45, 7) is 9.16. The van der Waals surface area contributed by atoms with Crippen LogP contribution in [0.25, 0.3) is 0 Å². The zero-order valence-electron chi connectivity index (χ0n) is 19.4. The van der Waals surface area contributed by atoms with Crippen LogP contribution in [0.5, 0.6) is 0 Å². The third kappa shape index (κ3) is 13.2. The summed E-state index contributed by atoms with van der Waals surface area (Å²) in [6, 6.07) is 18.0. The van der Waals surface area contributed by atoms with Crippen molar-refractivity contribution in [2.75, 3.05) is 24.6 Å². The van der Waals surface area contributed by atoms with Gasteiger partial charge in [-0.2, -0.15) is 24.3 Å². The second-order valence-electron chi connectivity index (χ2n) is 7.67. The monoisotopic (exact) mass is 474 g/mol. The maximum atomic E-state index is 2.32. The van der Waals surface area contributed by atoms with Gasteiger partial charge in [-0.25, -0.2) is 24.3 Å². The second-order valence-corrected chi connectivity index (χ2v) is 12.7. The van der Waals surface area contributed by atoms with Crippen molar-refractivity contribution in [2.24, 2.45) is 0 Å². The van der Waals surface area contributed by atoms with Crippen LogP contribution in [-0.2, 0) is 17.1 Å².